The molecule has 5 nitrogen and oxygen atoms in total. The first-order valence-electron chi connectivity index (χ1n) is 7.04. The van der Waals surface area contributed by atoms with Crippen LogP contribution in [0.25, 0.3) is 0 Å². The fourth-order valence-electron chi connectivity index (χ4n) is 1.77. The molecule has 0 aromatic heterocycles. The van der Waals surface area contributed by atoms with Crippen LogP contribution >= 0.6 is 0 Å². The minimum absolute atomic E-state index is 0.157. The second kappa shape index (κ2) is 6.87. The molecular weight excluding hydrogens is 288 g/mol. The number of rotatable bonds is 7. The van der Waals surface area contributed by atoms with Gasteiger partial charge in [-0.1, -0.05) is 13.0 Å². The zero-order chi connectivity index (χ0) is 16.3. The van der Waals surface area contributed by atoms with Crippen LogP contribution in [0.4, 0.5) is 0 Å². The van der Waals surface area contributed by atoms with Crippen LogP contribution in [-0.4, -0.2) is 44.6 Å². The number of aliphatic hydroxyl groups excluding tert-OH is 1. The monoisotopic (exact) mass is 314 g/mol. The number of nitrogens with one attached hydrogen (secondary N) is 1. The number of hydrogen-bond donors (Lipinski definition) is 2. The molecule has 0 spiro atoms. The van der Waals surface area contributed by atoms with Gasteiger partial charge in [-0.15, -0.1) is 0 Å². The van der Waals surface area contributed by atoms with Gasteiger partial charge in [0, 0.05) is 12.1 Å². The highest BCUT2D eigenvalue weighted by molar-refractivity contribution is 7.89. The molecule has 0 bridgehead atoms. The maximum atomic E-state index is 12.4. The lowest BCUT2D eigenvalue weighted by Crippen LogP contribution is -2.48. The molecule has 0 saturated carbocycles. The smallest absolute Gasteiger partial charge is 0.240 e. The molecule has 1 aromatic carbocycles. The molecule has 6 heteroatoms. The van der Waals surface area contributed by atoms with Gasteiger partial charge in [0.15, 0.2) is 0 Å². The summed E-state index contributed by atoms with van der Waals surface area (Å²) in [5, 5.41) is 9.35. The Kier molecular flexibility index (Phi) is 5.92. The van der Waals surface area contributed by atoms with E-state index < -0.39 is 10.0 Å². The molecule has 21 heavy (non-hydrogen) atoms. The van der Waals surface area contributed by atoms with Gasteiger partial charge in [0.25, 0.3) is 0 Å². The molecule has 0 saturated heterocycles. The van der Waals surface area contributed by atoms with Crippen LogP contribution in [0.5, 0.6) is 0 Å². The molecule has 0 unspecified atom stereocenters. The lowest BCUT2D eigenvalue weighted by Gasteiger charge is -2.32. The summed E-state index contributed by atoms with van der Waals surface area (Å²) in [6.45, 7) is 6.06. The molecule has 1 aromatic rings. The van der Waals surface area contributed by atoms with Gasteiger partial charge in [-0.05, 0) is 57.6 Å². The van der Waals surface area contributed by atoms with Crippen molar-refractivity contribution in [3.05, 3.63) is 29.3 Å². The van der Waals surface area contributed by atoms with Crippen LogP contribution in [0, 0.1) is 0 Å². The van der Waals surface area contributed by atoms with Crippen molar-refractivity contribution in [2.75, 3.05) is 20.6 Å². The Balaban J connectivity index is 2.98. The highest BCUT2D eigenvalue weighted by atomic mass is 32.2. The second-order valence-corrected chi connectivity index (χ2v) is 7.74. The van der Waals surface area contributed by atoms with Crippen LogP contribution in [0.3, 0.4) is 0 Å². The molecule has 0 amide bonds. The summed E-state index contributed by atoms with van der Waals surface area (Å²) in [5.74, 6) is 0. The Labute approximate surface area is 128 Å². The van der Waals surface area contributed by atoms with Crippen molar-refractivity contribution in [2.24, 2.45) is 0 Å². The fourth-order valence-corrected chi connectivity index (χ4v) is 3.03. The lowest BCUT2D eigenvalue weighted by atomic mass is 10.1. The summed E-state index contributed by atoms with van der Waals surface area (Å²) >= 11 is 0. The van der Waals surface area contributed by atoms with Gasteiger partial charge in [-0.25, -0.2) is 13.1 Å². The zero-order valence-electron chi connectivity index (χ0n) is 13.5. The fraction of sp³-hybridized carbons (Fsp3) is 0.600. The topological polar surface area (TPSA) is 69.6 Å². The molecule has 0 atom stereocenters. The number of sulfonamides is 1. The standard InChI is InChI=1S/C15H26N2O3S/c1-6-12-7-8-14(9-13(12)10-18)21(19,20)16-11-15(2,3)17(4)5/h7-9,16,18H,6,10-11H2,1-5H3. The van der Waals surface area contributed by atoms with E-state index in [-0.39, 0.29) is 17.0 Å². The van der Waals surface area contributed by atoms with E-state index in [1.54, 1.807) is 18.2 Å². The second-order valence-electron chi connectivity index (χ2n) is 5.97. The van der Waals surface area contributed by atoms with Gasteiger partial charge < -0.3 is 10.0 Å². The average molecular weight is 314 g/mol. The number of aliphatic hydroxyl groups is 1. The van der Waals surface area contributed by atoms with Crippen LogP contribution in [0.2, 0.25) is 0 Å². The number of benzene rings is 1. The average Bonchev–Trinajstić information content (AvgIpc) is 2.44. The number of nitrogens with zero attached hydrogens (tertiary/aromatic N) is 1. The van der Waals surface area contributed by atoms with Crippen LogP contribution in [0.15, 0.2) is 23.1 Å². The molecule has 0 heterocycles. The summed E-state index contributed by atoms with van der Waals surface area (Å²) < 4.78 is 27.4. The van der Waals surface area contributed by atoms with Crippen molar-refractivity contribution in [3.63, 3.8) is 0 Å². The first-order valence-corrected chi connectivity index (χ1v) is 8.52. The number of hydrogen-bond acceptors (Lipinski definition) is 4. The van der Waals surface area contributed by atoms with E-state index in [9.17, 15) is 13.5 Å². The number of aryl methyl sites for hydroxylation is 1. The van der Waals surface area contributed by atoms with E-state index in [1.807, 2.05) is 39.8 Å². The van der Waals surface area contributed by atoms with Gasteiger partial charge >= 0.3 is 0 Å². The van der Waals surface area contributed by atoms with Gasteiger partial charge in [0.1, 0.15) is 0 Å². The Morgan fingerprint density at radius 2 is 1.86 bits per heavy atom. The Hall–Kier alpha value is -0.950. The van der Waals surface area contributed by atoms with Crippen molar-refractivity contribution in [3.8, 4) is 0 Å². The van der Waals surface area contributed by atoms with Crippen LogP contribution in [-0.2, 0) is 23.1 Å². The third kappa shape index (κ3) is 4.51. The Morgan fingerprint density at radius 1 is 1.24 bits per heavy atom. The molecule has 2 N–H and O–H groups in total. The largest absolute Gasteiger partial charge is 0.392 e. The predicted octanol–water partition coefficient (Wildman–Crippen LogP) is 1.36. The third-order valence-electron chi connectivity index (χ3n) is 3.94. The quantitative estimate of drug-likeness (QED) is 0.797. The Morgan fingerprint density at radius 3 is 2.33 bits per heavy atom. The van der Waals surface area contributed by atoms with E-state index in [4.69, 9.17) is 0 Å². The summed E-state index contributed by atoms with van der Waals surface area (Å²) in [5.41, 5.74) is 1.34. The predicted molar refractivity (Wildman–Crippen MR) is 84.7 cm³/mol. The molecule has 0 aliphatic rings. The van der Waals surface area contributed by atoms with E-state index in [0.29, 0.717) is 12.1 Å². The van der Waals surface area contributed by atoms with Gasteiger partial charge in [-0.3, -0.25) is 0 Å². The molecule has 0 aliphatic carbocycles. The molecule has 0 fully saturated rings. The molecule has 0 radical (unpaired) electrons. The number of likely N-dealkylation sites (N-methyl/N-ethyl adjacent to an activating group) is 1. The first-order chi connectivity index (χ1) is 9.64. The van der Waals surface area contributed by atoms with Gasteiger partial charge in [0.05, 0.1) is 11.5 Å². The molecule has 1 rings (SSSR count). The highest BCUT2D eigenvalue weighted by Crippen LogP contribution is 2.18. The van der Waals surface area contributed by atoms with Crippen molar-refractivity contribution in [2.45, 2.75) is 44.2 Å². The van der Waals surface area contributed by atoms with Crippen molar-refractivity contribution in [1.29, 1.82) is 0 Å². The minimum Gasteiger partial charge on any atom is -0.392 e. The zero-order valence-corrected chi connectivity index (χ0v) is 14.3. The minimum atomic E-state index is -3.57. The van der Waals surface area contributed by atoms with Crippen molar-refractivity contribution >= 4 is 10.0 Å². The van der Waals surface area contributed by atoms with Crippen molar-refractivity contribution < 1.29 is 13.5 Å². The summed E-state index contributed by atoms with van der Waals surface area (Å²) in [4.78, 5) is 2.16. The van der Waals surface area contributed by atoms with Crippen molar-refractivity contribution in [1.82, 2.24) is 9.62 Å². The van der Waals surface area contributed by atoms with Gasteiger partial charge in [-0.2, -0.15) is 0 Å². The first kappa shape index (κ1) is 18.1. The summed E-state index contributed by atoms with van der Waals surface area (Å²) in [6, 6.07) is 4.89. The maximum absolute atomic E-state index is 12.4. The Bertz CT molecular complexity index is 581. The third-order valence-corrected chi connectivity index (χ3v) is 5.34. The lowest BCUT2D eigenvalue weighted by molar-refractivity contribution is 0.199. The maximum Gasteiger partial charge on any atom is 0.240 e. The molecular formula is C15H26N2O3S. The SMILES string of the molecule is CCc1ccc(S(=O)(=O)NCC(C)(C)N(C)C)cc1CO. The van der Waals surface area contributed by atoms with Gasteiger partial charge in [0.2, 0.25) is 10.0 Å². The van der Waals surface area contributed by atoms with E-state index in [0.717, 1.165) is 12.0 Å². The van der Waals surface area contributed by atoms with E-state index >= 15 is 0 Å². The summed E-state index contributed by atoms with van der Waals surface area (Å²) in [7, 11) is 0.249. The van der Waals surface area contributed by atoms with Crippen LogP contribution < -0.4 is 4.72 Å². The summed E-state index contributed by atoms with van der Waals surface area (Å²) in [6.07, 6.45) is 0.761. The normalized spacial score (nSPS) is 12.9. The highest BCUT2D eigenvalue weighted by Gasteiger charge is 2.24. The van der Waals surface area contributed by atoms with E-state index in [1.165, 1.54) is 0 Å². The van der Waals surface area contributed by atoms with Crippen LogP contribution in [0.1, 0.15) is 31.9 Å². The van der Waals surface area contributed by atoms with E-state index in [2.05, 4.69) is 4.72 Å². The molecule has 0 aliphatic heterocycles. The molecule has 120 valence electrons.